The Balaban J connectivity index is 2.36. The van der Waals surface area contributed by atoms with Crippen LogP contribution < -0.4 is 4.74 Å². The monoisotopic (exact) mass is 300 g/mol. The van der Waals surface area contributed by atoms with Crippen LogP contribution in [0.4, 0.5) is 0 Å². The number of aldehydes is 1. The van der Waals surface area contributed by atoms with Crippen LogP contribution in [0.5, 0.6) is 11.5 Å². The Morgan fingerprint density at radius 2 is 1.95 bits per heavy atom. The van der Waals surface area contributed by atoms with Crippen LogP contribution in [0.3, 0.4) is 0 Å². The third-order valence-electron chi connectivity index (χ3n) is 3.24. The van der Waals surface area contributed by atoms with Crippen molar-refractivity contribution in [3.05, 3.63) is 58.7 Å². The van der Waals surface area contributed by atoms with Gasteiger partial charge in [0.2, 0.25) is 0 Å². The van der Waals surface area contributed by atoms with Crippen molar-refractivity contribution in [3.8, 4) is 11.5 Å². The summed E-state index contributed by atoms with van der Waals surface area (Å²) in [6.45, 7) is 1.88. The topological polar surface area (TPSA) is 72.8 Å². The Morgan fingerprint density at radius 3 is 2.55 bits per heavy atom. The number of phenols is 1. The van der Waals surface area contributed by atoms with Gasteiger partial charge < -0.3 is 14.6 Å². The lowest BCUT2D eigenvalue weighted by atomic mass is 10.0. The first kappa shape index (κ1) is 15.6. The Labute approximate surface area is 128 Å². The Morgan fingerprint density at radius 1 is 1.27 bits per heavy atom. The molecule has 2 aromatic carbocycles. The van der Waals surface area contributed by atoms with Crippen molar-refractivity contribution in [2.24, 2.45) is 0 Å². The van der Waals surface area contributed by atoms with Gasteiger partial charge >= 0.3 is 5.97 Å². The van der Waals surface area contributed by atoms with Crippen LogP contribution in [-0.4, -0.2) is 24.5 Å². The summed E-state index contributed by atoms with van der Waals surface area (Å²) < 4.78 is 10.2. The number of hydrogen-bond acceptors (Lipinski definition) is 5. The zero-order valence-corrected chi connectivity index (χ0v) is 12.3. The molecule has 0 atom stereocenters. The Kier molecular flexibility index (Phi) is 4.78. The van der Waals surface area contributed by atoms with Crippen molar-refractivity contribution >= 4 is 12.3 Å². The summed E-state index contributed by atoms with van der Waals surface area (Å²) in [6, 6.07) is 11.0. The van der Waals surface area contributed by atoms with Crippen molar-refractivity contribution in [2.75, 3.05) is 7.11 Å². The number of phenolic OH excluding ortho intramolecular Hbond substituents is 1. The maximum Gasteiger partial charge on any atom is 0.341 e. The number of benzene rings is 2. The van der Waals surface area contributed by atoms with E-state index in [1.807, 2.05) is 30.3 Å². The van der Waals surface area contributed by atoms with E-state index < -0.39 is 11.7 Å². The second-order valence-corrected chi connectivity index (χ2v) is 4.71. The lowest BCUT2D eigenvalue weighted by Crippen LogP contribution is -2.08. The zero-order valence-electron chi connectivity index (χ0n) is 12.3. The number of aromatic hydroxyl groups is 1. The lowest BCUT2D eigenvalue weighted by molar-refractivity contribution is 0.0596. The van der Waals surface area contributed by atoms with Gasteiger partial charge in [0.25, 0.3) is 0 Å². The average Bonchev–Trinajstić information content (AvgIpc) is 2.53. The molecule has 0 aliphatic heterocycles. The molecule has 0 spiro atoms. The second-order valence-electron chi connectivity index (χ2n) is 4.71. The first-order valence-electron chi connectivity index (χ1n) is 6.65. The predicted octanol–water partition coefficient (Wildman–Crippen LogP) is 2.88. The van der Waals surface area contributed by atoms with Crippen LogP contribution in [-0.2, 0) is 11.3 Å². The molecule has 2 aromatic rings. The van der Waals surface area contributed by atoms with Gasteiger partial charge in [-0.05, 0) is 24.1 Å². The summed E-state index contributed by atoms with van der Waals surface area (Å²) in [6.07, 6.45) is 0.460. The van der Waals surface area contributed by atoms with Gasteiger partial charge in [-0.2, -0.15) is 0 Å². The molecule has 5 heteroatoms. The summed E-state index contributed by atoms with van der Waals surface area (Å²) in [5.41, 5.74) is 1.30. The molecule has 0 aromatic heterocycles. The van der Waals surface area contributed by atoms with E-state index in [0.29, 0.717) is 11.8 Å². The summed E-state index contributed by atoms with van der Waals surface area (Å²) >= 11 is 0. The molecule has 0 radical (unpaired) electrons. The molecule has 0 aliphatic carbocycles. The minimum Gasteiger partial charge on any atom is -0.506 e. The minimum absolute atomic E-state index is 0.0309. The summed E-state index contributed by atoms with van der Waals surface area (Å²) in [4.78, 5) is 22.9. The molecule has 114 valence electrons. The highest BCUT2D eigenvalue weighted by Crippen LogP contribution is 2.33. The van der Waals surface area contributed by atoms with Crippen molar-refractivity contribution in [2.45, 2.75) is 13.5 Å². The molecule has 0 heterocycles. The fraction of sp³-hybridized carbons (Fsp3) is 0.176. The van der Waals surface area contributed by atoms with Crippen LogP contribution in [0, 0.1) is 6.92 Å². The highest BCUT2D eigenvalue weighted by atomic mass is 16.5. The summed E-state index contributed by atoms with van der Waals surface area (Å²) in [7, 11) is 1.21. The summed E-state index contributed by atoms with van der Waals surface area (Å²) in [5.74, 6) is -0.904. The summed E-state index contributed by atoms with van der Waals surface area (Å²) in [5, 5.41) is 10.1. The van der Waals surface area contributed by atoms with Crippen molar-refractivity contribution in [3.63, 3.8) is 0 Å². The maximum absolute atomic E-state index is 11.7. The van der Waals surface area contributed by atoms with E-state index in [9.17, 15) is 14.7 Å². The number of hydrogen-bond donors (Lipinski definition) is 1. The molecular formula is C17H16O5. The Hall–Kier alpha value is -2.82. The van der Waals surface area contributed by atoms with E-state index in [1.165, 1.54) is 7.11 Å². The third kappa shape index (κ3) is 3.09. The molecule has 5 nitrogen and oxygen atoms in total. The number of rotatable bonds is 5. The molecule has 0 bridgehead atoms. The number of aryl methyl sites for hydroxylation is 1. The van der Waals surface area contributed by atoms with Gasteiger partial charge in [0, 0.05) is 0 Å². The van der Waals surface area contributed by atoms with Gasteiger partial charge in [-0.3, -0.25) is 4.79 Å². The first-order chi connectivity index (χ1) is 10.6. The normalized spacial score (nSPS) is 10.1. The molecule has 0 saturated carbocycles. The molecule has 0 aliphatic rings. The van der Waals surface area contributed by atoms with Gasteiger partial charge in [-0.25, -0.2) is 4.79 Å². The predicted molar refractivity (Wildman–Crippen MR) is 80.3 cm³/mol. The largest absolute Gasteiger partial charge is 0.506 e. The van der Waals surface area contributed by atoms with Gasteiger partial charge in [0.15, 0.2) is 6.29 Å². The van der Waals surface area contributed by atoms with Crippen LogP contribution in [0.25, 0.3) is 0 Å². The number of esters is 1. The molecular weight excluding hydrogens is 284 g/mol. The molecule has 22 heavy (non-hydrogen) atoms. The van der Waals surface area contributed by atoms with Gasteiger partial charge in [0.1, 0.15) is 23.7 Å². The number of methoxy groups -OCH3 is 1. The molecule has 0 fully saturated rings. The number of carbonyl (C=O) groups is 2. The Bertz CT molecular complexity index is 692. The van der Waals surface area contributed by atoms with Gasteiger partial charge in [0.05, 0.1) is 12.7 Å². The smallest absolute Gasteiger partial charge is 0.341 e. The van der Waals surface area contributed by atoms with Crippen molar-refractivity contribution in [1.82, 2.24) is 0 Å². The van der Waals surface area contributed by atoms with E-state index in [-0.39, 0.29) is 23.5 Å². The van der Waals surface area contributed by atoms with E-state index in [1.54, 1.807) is 13.0 Å². The van der Waals surface area contributed by atoms with Crippen LogP contribution >= 0.6 is 0 Å². The molecule has 1 N–H and O–H groups in total. The maximum atomic E-state index is 11.7. The van der Waals surface area contributed by atoms with Crippen molar-refractivity contribution < 1.29 is 24.2 Å². The van der Waals surface area contributed by atoms with Gasteiger partial charge in [-0.1, -0.05) is 30.3 Å². The minimum atomic E-state index is -0.701. The average molecular weight is 300 g/mol. The fourth-order valence-corrected chi connectivity index (χ4v) is 2.11. The van der Waals surface area contributed by atoms with Crippen LogP contribution in [0.1, 0.15) is 31.8 Å². The number of ether oxygens (including phenoxy) is 2. The second kappa shape index (κ2) is 6.76. The molecule has 0 unspecified atom stereocenters. The number of carbonyl (C=O) groups excluding carboxylic acids is 2. The van der Waals surface area contributed by atoms with Crippen LogP contribution in [0.2, 0.25) is 0 Å². The lowest BCUT2D eigenvalue weighted by Gasteiger charge is -2.14. The fourth-order valence-electron chi connectivity index (χ4n) is 2.11. The quantitative estimate of drug-likeness (QED) is 0.679. The van der Waals surface area contributed by atoms with E-state index in [4.69, 9.17) is 4.74 Å². The molecule has 0 saturated heterocycles. The third-order valence-corrected chi connectivity index (χ3v) is 3.24. The van der Waals surface area contributed by atoms with Gasteiger partial charge in [-0.15, -0.1) is 0 Å². The first-order valence-corrected chi connectivity index (χ1v) is 6.65. The van der Waals surface area contributed by atoms with E-state index in [0.717, 1.165) is 5.56 Å². The van der Waals surface area contributed by atoms with Crippen LogP contribution in [0.15, 0.2) is 36.4 Å². The van der Waals surface area contributed by atoms with E-state index in [2.05, 4.69) is 4.74 Å². The highest BCUT2D eigenvalue weighted by molar-refractivity contribution is 5.99. The zero-order chi connectivity index (χ0) is 16.1. The van der Waals surface area contributed by atoms with E-state index >= 15 is 0 Å². The highest BCUT2D eigenvalue weighted by Gasteiger charge is 2.22. The molecule has 2 rings (SSSR count). The molecule has 0 amide bonds. The van der Waals surface area contributed by atoms with Crippen molar-refractivity contribution in [1.29, 1.82) is 0 Å². The SMILES string of the molecule is COC(=O)c1c(C)cc(OCc2ccccc2)c(C=O)c1O. The standard InChI is InChI=1S/C17H16O5/c1-11-8-14(22-10-12-6-4-3-5-7-12)13(9-18)16(19)15(11)17(20)21-2/h3-9,19H,10H2,1-2H3.